The van der Waals surface area contributed by atoms with Crippen molar-refractivity contribution >= 4 is 6.09 Å². The molecule has 0 N–H and O–H groups in total. The summed E-state index contributed by atoms with van der Waals surface area (Å²) in [5.41, 5.74) is 1.89. The lowest BCUT2D eigenvalue weighted by Crippen LogP contribution is -2.46. The molecule has 0 bridgehead atoms. The number of nitrogens with zero attached hydrogens (tertiary/aromatic N) is 1. The molecular weight excluding hydrogens is 242 g/mol. The molecule has 4 nitrogen and oxygen atoms in total. The van der Waals surface area contributed by atoms with Crippen LogP contribution in [-0.4, -0.2) is 30.9 Å². The standard InChI is InChI=1S/C15H19NO3/c1-12-7-6-10-16(14(12)18-2)15(17)19-11-13-8-4-3-5-9-13/h3-5,8-9,14H,1,6-7,10-11H2,2H3. The lowest BCUT2D eigenvalue weighted by molar-refractivity contribution is -0.0211. The first-order valence-electron chi connectivity index (χ1n) is 6.40. The molecule has 0 radical (unpaired) electrons. The van der Waals surface area contributed by atoms with E-state index in [0.717, 1.165) is 24.0 Å². The molecule has 1 fully saturated rings. The van der Waals surface area contributed by atoms with Gasteiger partial charge in [0, 0.05) is 13.7 Å². The molecular formula is C15H19NO3. The summed E-state index contributed by atoms with van der Waals surface area (Å²) in [6.45, 7) is 4.86. The van der Waals surface area contributed by atoms with E-state index in [2.05, 4.69) is 6.58 Å². The number of ether oxygens (including phenoxy) is 2. The Morgan fingerprint density at radius 1 is 1.42 bits per heavy atom. The summed E-state index contributed by atoms with van der Waals surface area (Å²) in [6, 6.07) is 9.63. The predicted octanol–water partition coefficient (Wildman–Crippen LogP) is 2.95. The molecule has 1 aliphatic heterocycles. The van der Waals surface area contributed by atoms with Gasteiger partial charge in [-0.15, -0.1) is 0 Å². The van der Waals surface area contributed by atoms with E-state index in [1.54, 1.807) is 12.0 Å². The van der Waals surface area contributed by atoms with Gasteiger partial charge in [-0.25, -0.2) is 4.79 Å². The number of benzene rings is 1. The number of carbonyl (C=O) groups excluding carboxylic acids is 1. The summed E-state index contributed by atoms with van der Waals surface area (Å²) in [6.07, 6.45) is 1.08. The van der Waals surface area contributed by atoms with E-state index >= 15 is 0 Å². The van der Waals surface area contributed by atoms with Gasteiger partial charge in [-0.1, -0.05) is 36.9 Å². The van der Waals surface area contributed by atoms with Gasteiger partial charge in [-0.3, -0.25) is 4.90 Å². The molecule has 102 valence electrons. The molecule has 0 aliphatic carbocycles. The highest BCUT2D eigenvalue weighted by Gasteiger charge is 2.30. The number of hydrogen-bond acceptors (Lipinski definition) is 3. The molecule has 1 heterocycles. The molecule has 2 rings (SSSR count). The smallest absolute Gasteiger partial charge is 0.412 e. The maximum absolute atomic E-state index is 12.1. The SMILES string of the molecule is C=C1CCCN(C(=O)OCc2ccccc2)C1OC. The summed E-state index contributed by atoms with van der Waals surface area (Å²) >= 11 is 0. The van der Waals surface area contributed by atoms with Crippen molar-refractivity contribution in [2.45, 2.75) is 25.7 Å². The zero-order valence-electron chi connectivity index (χ0n) is 11.2. The summed E-state index contributed by atoms with van der Waals surface area (Å²) in [5.74, 6) is 0. The second kappa shape index (κ2) is 6.38. The van der Waals surface area contributed by atoms with Gasteiger partial charge in [0.05, 0.1) is 0 Å². The van der Waals surface area contributed by atoms with Crippen molar-refractivity contribution in [2.24, 2.45) is 0 Å². The zero-order chi connectivity index (χ0) is 13.7. The average Bonchev–Trinajstić information content (AvgIpc) is 2.45. The van der Waals surface area contributed by atoms with Crippen LogP contribution in [0.5, 0.6) is 0 Å². The Bertz CT molecular complexity index is 444. The first-order chi connectivity index (χ1) is 9.22. The average molecular weight is 261 g/mol. The van der Waals surface area contributed by atoms with E-state index in [9.17, 15) is 4.79 Å². The van der Waals surface area contributed by atoms with Gasteiger partial charge >= 0.3 is 6.09 Å². The van der Waals surface area contributed by atoms with Crippen LogP contribution in [-0.2, 0) is 16.1 Å². The third kappa shape index (κ3) is 3.35. The molecule has 0 saturated carbocycles. The van der Waals surface area contributed by atoms with Crippen molar-refractivity contribution < 1.29 is 14.3 Å². The molecule has 0 aromatic heterocycles. The molecule has 1 saturated heterocycles. The minimum absolute atomic E-state index is 0.277. The van der Waals surface area contributed by atoms with Crippen molar-refractivity contribution in [2.75, 3.05) is 13.7 Å². The van der Waals surface area contributed by atoms with Gasteiger partial charge in [-0.05, 0) is 24.0 Å². The quantitative estimate of drug-likeness (QED) is 0.785. The molecule has 0 spiro atoms. The molecule has 1 aromatic rings. The lowest BCUT2D eigenvalue weighted by atomic mass is 10.1. The van der Waals surface area contributed by atoms with E-state index in [1.807, 2.05) is 30.3 Å². The Balaban J connectivity index is 1.93. The van der Waals surface area contributed by atoms with E-state index in [-0.39, 0.29) is 18.9 Å². The van der Waals surface area contributed by atoms with Crippen LogP contribution < -0.4 is 0 Å². The molecule has 1 atom stereocenters. The summed E-state index contributed by atoms with van der Waals surface area (Å²) in [5, 5.41) is 0. The maximum Gasteiger partial charge on any atom is 0.412 e. The van der Waals surface area contributed by atoms with Crippen molar-refractivity contribution in [1.29, 1.82) is 0 Å². The zero-order valence-corrected chi connectivity index (χ0v) is 11.2. The fourth-order valence-electron chi connectivity index (χ4n) is 2.22. The van der Waals surface area contributed by atoms with Crippen LogP contribution in [0.4, 0.5) is 4.79 Å². The first kappa shape index (κ1) is 13.6. The number of hydrogen-bond donors (Lipinski definition) is 0. The molecule has 19 heavy (non-hydrogen) atoms. The topological polar surface area (TPSA) is 38.8 Å². The Morgan fingerprint density at radius 2 is 2.16 bits per heavy atom. The molecule has 1 amide bonds. The fraction of sp³-hybridized carbons (Fsp3) is 0.400. The first-order valence-corrected chi connectivity index (χ1v) is 6.40. The number of rotatable bonds is 3. The van der Waals surface area contributed by atoms with E-state index < -0.39 is 0 Å². The second-order valence-corrected chi connectivity index (χ2v) is 4.58. The van der Waals surface area contributed by atoms with Gasteiger partial charge < -0.3 is 9.47 Å². The number of carbonyl (C=O) groups is 1. The van der Waals surface area contributed by atoms with Crippen molar-refractivity contribution in [1.82, 2.24) is 4.90 Å². The number of likely N-dealkylation sites (tertiary alicyclic amines) is 1. The summed E-state index contributed by atoms with van der Waals surface area (Å²) in [7, 11) is 1.58. The van der Waals surface area contributed by atoms with E-state index in [4.69, 9.17) is 9.47 Å². The third-order valence-corrected chi connectivity index (χ3v) is 3.19. The van der Waals surface area contributed by atoms with Gasteiger partial charge in [0.15, 0.2) is 6.23 Å². The molecule has 4 heteroatoms. The largest absolute Gasteiger partial charge is 0.444 e. The normalized spacial score (nSPS) is 19.3. The number of methoxy groups -OCH3 is 1. The van der Waals surface area contributed by atoms with Crippen molar-refractivity contribution in [3.8, 4) is 0 Å². The maximum atomic E-state index is 12.1. The van der Waals surface area contributed by atoms with Crippen LogP contribution in [0, 0.1) is 0 Å². The van der Waals surface area contributed by atoms with Crippen LogP contribution in [0.1, 0.15) is 18.4 Å². The minimum atomic E-state index is -0.364. The third-order valence-electron chi connectivity index (χ3n) is 3.19. The highest BCUT2D eigenvalue weighted by Crippen LogP contribution is 2.22. The van der Waals surface area contributed by atoms with Crippen LogP contribution in [0.25, 0.3) is 0 Å². The molecule has 1 aliphatic rings. The minimum Gasteiger partial charge on any atom is -0.444 e. The van der Waals surface area contributed by atoms with E-state index in [0.29, 0.717) is 6.54 Å². The van der Waals surface area contributed by atoms with E-state index in [1.165, 1.54) is 0 Å². The number of amides is 1. The van der Waals surface area contributed by atoms with Crippen LogP contribution >= 0.6 is 0 Å². The predicted molar refractivity (Wildman–Crippen MR) is 72.5 cm³/mol. The monoisotopic (exact) mass is 261 g/mol. The Labute approximate surface area is 113 Å². The van der Waals surface area contributed by atoms with Crippen LogP contribution in [0.3, 0.4) is 0 Å². The van der Waals surface area contributed by atoms with Crippen molar-refractivity contribution in [3.05, 3.63) is 48.0 Å². The lowest BCUT2D eigenvalue weighted by Gasteiger charge is -2.35. The second-order valence-electron chi connectivity index (χ2n) is 4.58. The highest BCUT2D eigenvalue weighted by atomic mass is 16.6. The van der Waals surface area contributed by atoms with Gasteiger partial charge in [0.2, 0.25) is 0 Å². The Hall–Kier alpha value is -1.81. The van der Waals surface area contributed by atoms with Crippen LogP contribution in [0.15, 0.2) is 42.5 Å². The highest BCUT2D eigenvalue weighted by molar-refractivity contribution is 5.68. The fourth-order valence-corrected chi connectivity index (χ4v) is 2.22. The summed E-state index contributed by atoms with van der Waals surface area (Å²) in [4.78, 5) is 13.7. The Morgan fingerprint density at radius 3 is 2.84 bits per heavy atom. The number of piperidine rings is 1. The van der Waals surface area contributed by atoms with Gasteiger partial charge in [0.25, 0.3) is 0 Å². The summed E-state index contributed by atoms with van der Waals surface area (Å²) < 4.78 is 10.6. The molecule has 1 aromatic carbocycles. The van der Waals surface area contributed by atoms with Crippen LogP contribution in [0.2, 0.25) is 0 Å². The van der Waals surface area contributed by atoms with Gasteiger partial charge in [0.1, 0.15) is 6.61 Å². The van der Waals surface area contributed by atoms with Crippen molar-refractivity contribution in [3.63, 3.8) is 0 Å². The Kier molecular flexibility index (Phi) is 4.58. The van der Waals surface area contributed by atoms with Gasteiger partial charge in [-0.2, -0.15) is 0 Å². The molecule has 1 unspecified atom stereocenters.